The summed E-state index contributed by atoms with van der Waals surface area (Å²) in [5, 5.41) is 23.7. The van der Waals surface area contributed by atoms with Crippen LogP contribution in [0.15, 0.2) is 18.2 Å². The fraction of sp³-hybridized carbons (Fsp3) is 0.600. The lowest BCUT2D eigenvalue weighted by Gasteiger charge is -2.35. The smallest absolute Gasteiger partial charge is 0.274 e. The molecule has 1 aromatic rings. The van der Waals surface area contributed by atoms with E-state index in [9.17, 15) is 19.6 Å². The maximum absolute atomic E-state index is 13.2. The minimum atomic E-state index is -0.501. The molecule has 0 aliphatic heterocycles. The van der Waals surface area contributed by atoms with Crippen LogP contribution in [-0.4, -0.2) is 23.2 Å². The first-order chi connectivity index (χ1) is 10.1. The molecule has 21 heavy (non-hydrogen) atoms. The first kappa shape index (κ1) is 15.9. The number of aliphatic hydroxyl groups excluding tert-OH is 1. The third-order valence-electron chi connectivity index (χ3n) is 4.30. The van der Waals surface area contributed by atoms with Gasteiger partial charge in [0.1, 0.15) is 5.82 Å². The number of halogens is 1. The van der Waals surface area contributed by atoms with Crippen LogP contribution < -0.4 is 5.32 Å². The van der Waals surface area contributed by atoms with Gasteiger partial charge in [-0.2, -0.15) is 0 Å². The van der Waals surface area contributed by atoms with Crippen LogP contribution in [0, 0.1) is 21.3 Å². The van der Waals surface area contributed by atoms with Gasteiger partial charge in [-0.3, -0.25) is 10.1 Å². The number of aliphatic hydroxyl groups is 1. The second kappa shape index (κ2) is 6.95. The summed E-state index contributed by atoms with van der Waals surface area (Å²) >= 11 is 0. The van der Waals surface area contributed by atoms with Gasteiger partial charge < -0.3 is 10.4 Å². The molecule has 5 nitrogen and oxygen atoms in total. The minimum Gasteiger partial charge on any atom is -0.396 e. The number of nitro groups is 1. The average Bonchev–Trinajstić information content (AvgIpc) is 2.48. The maximum atomic E-state index is 13.2. The van der Waals surface area contributed by atoms with E-state index in [-0.39, 0.29) is 24.3 Å². The Hall–Kier alpha value is -1.53. The zero-order valence-electron chi connectivity index (χ0n) is 12.0. The Kier molecular flexibility index (Phi) is 5.25. The molecular weight excluding hydrogens is 275 g/mol. The summed E-state index contributed by atoms with van der Waals surface area (Å²) in [6.07, 6.45) is 5.31. The van der Waals surface area contributed by atoms with Gasteiger partial charge in [-0.25, -0.2) is 4.39 Å². The Morgan fingerprint density at radius 3 is 2.67 bits per heavy atom. The Morgan fingerprint density at radius 1 is 1.33 bits per heavy atom. The molecule has 2 N–H and O–H groups in total. The second-order valence-electron chi connectivity index (χ2n) is 5.85. The molecule has 0 saturated heterocycles. The molecule has 0 aromatic heterocycles. The van der Waals surface area contributed by atoms with E-state index >= 15 is 0 Å². The molecule has 0 heterocycles. The van der Waals surface area contributed by atoms with Gasteiger partial charge in [-0.15, -0.1) is 0 Å². The molecule has 1 aliphatic rings. The van der Waals surface area contributed by atoms with Crippen molar-refractivity contribution in [3.8, 4) is 0 Å². The highest BCUT2D eigenvalue weighted by Gasteiger charge is 2.31. The summed E-state index contributed by atoms with van der Waals surface area (Å²) < 4.78 is 13.2. The molecule has 0 amide bonds. The van der Waals surface area contributed by atoms with E-state index in [1.54, 1.807) is 0 Å². The van der Waals surface area contributed by atoms with E-state index in [1.165, 1.54) is 18.6 Å². The van der Waals surface area contributed by atoms with Crippen LogP contribution in [0.1, 0.15) is 37.7 Å². The van der Waals surface area contributed by atoms with Crippen molar-refractivity contribution in [2.45, 2.75) is 38.6 Å². The van der Waals surface area contributed by atoms with Gasteiger partial charge in [0.05, 0.1) is 4.92 Å². The highest BCUT2D eigenvalue weighted by molar-refractivity contribution is 5.40. The van der Waals surface area contributed by atoms with E-state index < -0.39 is 10.7 Å². The van der Waals surface area contributed by atoms with Gasteiger partial charge in [-0.1, -0.05) is 19.3 Å². The lowest BCUT2D eigenvalue weighted by Crippen LogP contribution is -2.38. The Morgan fingerprint density at radius 2 is 2.05 bits per heavy atom. The number of hydrogen-bond donors (Lipinski definition) is 2. The number of benzene rings is 1. The number of hydrogen-bond acceptors (Lipinski definition) is 4. The Balaban J connectivity index is 1.99. The van der Waals surface area contributed by atoms with Gasteiger partial charge in [0.25, 0.3) is 5.69 Å². The number of nitrogens with zero attached hydrogens (tertiary/aromatic N) is 1. The largest absolute Gasteiger partial charge is 0.396 e. The number of nitro benzene ring substituents is 1. The number of nitrogens with one attached hydrogen (secondary N) is 1. The molecule has 0 spiro atoms. The van der Waals surface area contributed by atoms with Gasteiger partial charge in [0.15, 0.2) is 0 Å². The van der Waals surface area contributed by atoms with Gasteiger partial charge in [0, 0.05) is 36.7 Å². The summed E-state index contributed by atoms with van der Waals surface area (Å²) in [5.41, 5.74) is 0.120. The molecule has 1 saturated carbocycles. The first-order valence-corrected chi connectivity index (χ1v) is 7.31. The van der Waals surface area contributed by atoms with Crippen LogP contribution >= 0.6 is 0 Å². The highest BCUT2D eigenvalue weighted by Crippen LogP contribution is 2.35. The summed E-state index contributed by atoms with van der Waals surface area (Å²) in [7, 11) is 0. The standard InChI is InChI=1S/C15H21FN2O3/c16-13-4-5-14(18(20)21)12(8-13)9-17-10-15(11-19)6-2-1-3-7-15/h4-5,8,17,19H,1-3,6-7,9-11H2. The van der Waals surface area contributed by atoms with Gasteiger partial charge in [0.2, 0.25) is 0 Å². The second-order valence-corrected chi connectivity index (χ2v) is 5.85. The number of rotatable bonds is 6. The van der Waals surface area contributed by atoms with Crippen LogP contribution in [-0.2, 0) is 6.54 Å². The molecule has 6 heteroatoms. The van der Waals surface area contributed by atoms with E-state index in [2.05, 4.69) is 5.32 Å². The molecule has 1 aromatic carbocycles. The lowest BCUT2D eigenvalue weighted by molar-refractivity contribution is -0.385. The Bertz CT molecular complexity index is 502. The predicted octanol–water partition coefficient (Wildman–Crippen LogP) is 2.77. The molecule has 2 rings (SSSR count). The summed E-state index contributed by atoms with van der Waals surface area (Å²) in [6, 6.07) is 3.48. The minimum absolute atomic E-state index is 0.0782. The van der Waals surface area contributed by atoms with Crippen LogP contribution in [0.4, 0.5) is 10.1 Å². The van der Waals surface area contributed by atoms with E-state index in [0.717, 1.165) is 31.7 Å². The van der Waals surface area contributed by atoms with E-state index in [4.69, 9.17) is 0 Å². The monoisotopic (exact) mass is 296 g/mol. The molecular formula is C15H21FN2O3. The quantitative estimate of drug-likeness (QED) is 0.625. The predicted molar refractivity (Wildman–Crippen MR) is 77.4 cm³/mol. The molecule has 0 unspecified atom stereocenters. The van der Waals surface area contributed by atoms with E-state index in [1.807, 2.05) is 0 Å². The average molecular weight is 296 g/mol. The topological polar surface area (TPSA) is 75.4 Å². The molecule has 116 valence electrons. The third-order valence-corrected chi connectivity index (χ3v) is 4.30. The molecule has 1 fully saturated rings. The zero-order chi connectivity index (χ0) is 15.3. The van der Waals surface area contributed by atoms with Crippen LogP contribution in [0.3, 0.4) is 0 Å². The van der Waals surface area contributed by atoms with E-state index in [0.29, 0.717) is 12.1 Å². The highest BCUT2D eigenvalue weighted by atomic mass is 19.1. The van der Waals surface area contributed by atoms with Crippen LogP contribution in [0.25, 0.3) is 0 Å². The fourth-order valence-electron chi connectivity index (χ4n) is 3.03. The molecule has 0 atom stereocenters. The Labute approximate surface area is 123 Å². The van der Waals surface area contributed by atoms with Crippen molar-refractivity contribution < 1.29 is 14.4 Å². The fourth-order valence-corrected chi connectivity index (χ4v) is 3.03. The van der Waals surface area contributed by atoms with Crippen LogP contribution in [0.5, 0.6) is 0 Å². The van der Waals surface area contributed by atoms with Crippen molar-refractivity contribution in [1.82, 2.24) is 5.32 Å². The first-order valence-electron chi connectivity index (χ1n) is 7.31. The molecule has 0 bridgehead atoms. The van der Waals surface area contributed by atoms with Crippen molar-refractivity contribution in [2.75, 3.05) is 13.2 Å². The zero-order valence-corrected chi connectivity index (χ0v) is 12.0. The SMILES string of the molecule is O=[N+]([O-])c1ccc(F)cc1CNCC1(CO)CCCCC1. The summed E-state index contributed by atoms with van der Waals surface area (Å²) in [4.78, 5) is 10.4. The normalized spacial score (nSPS) is 17.6. The van der Waals surface area contributed by atoms with Gasteiger partial charge >= 0.3 is 0 Å². The van der Waals surface area contributed by atoms with Gasteiger partial charge in [-0.05, 0) is 25.0 Å². The van der Waals surface area contributed by atoms with Crippen molar-refractivity contribution in [1.29, 1.82) is 0 Å². The lowest BCUT2D eigenvalue weighted by atomic mass is 9.74. The van der Waals surface area contributed by atoms with Crippen molar-refractivity contribution >= 4 is 5.69 Å². The summed E-state index contributed by atoms with van der Waals surface area (Å²) in [5.74, 6) is -0.480. The molecule has 1 aliphatic carbocycles. The van der Waals surface area contributed by atoms with Crippen LogP contribution in [0.2, 0.25) is 0 Å². The van der Waals surface area contributed by atoms with Crippen molar-refractivity contribution in [2.24, 2.45) is 5.41 Å². The summed E-state index contributed by atoms with van der Waals surface area (Å²) in [6.45, 7) is 0.943. The van der Waals surface area contributed by atoms with Crippen molar-refractivity contribution in [3.63, 3.8) is 0 Å². The maximum Gasteiger partial charge on any atom is 0.274 e. The third kappa shape index (κ3) is 3.98. The van der Waals surface area contributed by atoms with Crippen molar-refractivity contribution in [3.05, 3.63) is 39.7 Å². The molecule has 0 radical (unpaired) electrons.